The Labute approximate surface area is 876 Å². The number of para-hydroxylation sites is 3. The molecule has 21 aromatic rings. The van der Waals surface area contributed by atoms with Gasteiger partial charge in [0.15, 0.2) is 4.73 Å². The minimum atomic E-state index is -0.103. The summed E-state index contributed by atoms with van der Waals surface area (Å²) in [6.07, 6.45) is 8.35. The van der Waals surface area contributed by atoms with Crippen molar-refractivity contribution in [3.8, 4) is 73.5 Å². The van der Waals surface area contributed by atoms with Crippen molar-refractivity contribution in [2.45, 2.75) is 6.42 Å². The molecule has 698 valence electrons. The fraction of sp³-hybridized carbons (Fsp3) is 0.0110. The van der Waals surface area contributed by atoms with Crippen LogP contribution < -0.4 is 0 Å². The van der Waals surface area contributed by atoms with E-state index in [0.29, 0.717) is 10.7 Å². The molecular weight excluding hydrogens is 2410 g/mol. The molecule has 22 rings (SSSR count). The molecule has 13 nitrogen and oxygen atoms in total. The van der Waals surface area contributed by atoms with E-state index in [1.54, 1.807) is 0 Å². The van der Waals surface area contributed by atoms with E-state index in [9.17, 15) is 0 Å². The van der Waals surface area contributed by atoms with Gasteiger partial charge in [0.1, 0.15) is 39.6 Å². The summed E-state index contributed by atoms with van der Waals surface area (Å²) < 4.78 is 6.88. The molecule has 0 aliphatic heterocycles. The Hall–Kier alpha value is 0.800. The van der Waals surface area contributed by atoms with Crippen molar-refractivity contribution >= 4 is 398 Å². The van der Waals surface area contributed by atoms with Crippen LogP contribution in [0.1, 0.15) is 11.3 Å². The number of pyridine rings is 6. The Balaban J connectivity index is 0.000000127. The van der Waals surface area contributed by atoms with Gasteiger partial charge in [0.05, 0.1) is 44.7 Å². The molecule has 0 amide bonds. The first-order valence-corrected chi connectivity index (χ1v) is 104. The maximum absolute atomic E-state index is 5.40. The lowest BCUT2D eigenvalue weighted by molar-refractivity contribution is 0.997. The first-order valence-electron chi connectivity index (χ1n) is 42.4. The molecule has 11 aromatic heterocycles. The van der Waals surface area contributed by atoms with Crippen LogP contribution in [0, 0.1) is 0 Å². The van der Waals surface area contributed by atoms with Gasteiger partial charge in [-0.3, -0.25) is 18.7 Å². The smallest absolute Gasteiger partial charge is 0.237 e. The fourth-order valence-corrected chi connectivity index (χ4v) is 478. The molecule has 139 heavy (non-hydrogen) atoms. The third-order valence-electron chi connectivity index (χ3n) is 22.8. The normalized spacial score (nSPS) is 12.8. The van der Waals surface area contributed by atoms with Crippen molar-refractivity contribution < 1.29 is 0 Å². The van der Waals surface area contributed by atoms with E-state index >= 15 is 0 Å². The number of benzene rings is 10. The van der Waals surface area contributed by atoms with Crippen LogP contribution in [0.4, 0.5) is 0 Å². The van der Waals surface area contributed by atoms with E-state index < -0.39 is 0 Å². The molecule has 48 heteroatoms. The Morgan fingerprint density at radius 2 is 0.576 bits per heavy atom. The van der Waals surface area contributed by atoms with Crippen molar-refractivity contribution in [3.05, 3.63) is 344 Å². The van der Waals surface area contributed by atoms with Crippen LogP contribution >= 0.6 is 288 Å². The SMILES string of the molecule is Brc1nc(-c2cccc(-c3ccccc3)c2)c2ccc3ccc(-n4c5ccccc5c5cccnc54)nc3c2n1.PP(P)P(P(P)P)P(P(P)P)P(P(P(P)P)P(P)P)P(P(P(P)P)P(P)P)P(P(P)P)P(P)P.c1ccc(-c2cccc(-c3nc(-n4c5ccccc5c5cccnc54)nc4c3ccc3ccc(-n5c6ccccc6c6cccnc65)nc34)c2)cc1.c1ccc2c(c1)Cc1ncccc1-2. The summed E-state index contributed by atoms with van der Waals surface area (Å²) in [5.41, 5.74) is 22.4. The number of hydrogen-bond donors (Lipinski definition) is 0. The van der Waals surface area contributed by atoms with Crippen LogP contribution in [0.3, 0.4) is 0 Å². The maximum atomic E-state index is 5.40. The molecule has 20 atom stereocenters. The van der Waals surface area contributed by atoms with E-state index in [2.05, 4.69) is 450 Å². The quantitative estimate of drug-likeness (QED) is 0.0365. The molecule has 0 bridgehead atoms. The summed E-state index contributed by atoms with van der Waals surface area (Å²) in [6, 6.07) is 105. The lowest BCUT2D eigenvalue weighted by Gasteiger charge is -2.54. The molecule has 11 heterocycles. The maximum Gasteiger partial charge on any atom is 0.237 e. The highest BCUT2D eigenvalue weighted by molar-refractivity contribution is 9.46. The van der Waals surface area contributed by atoms with Gasteiger partial charge in [-0.05, 0) is 270 Å². The molecule has 0 saturated heterocycles. The number of nitrogens with zero attached hydrogens (tertiary/aromatic N) is 13. The lowest BCUT2D eigenvalue weighted by atomic mass is 9.99. The number of halogens is 1. The van der Waals surface area contributed by atoms with Gasteiger partial charge in [-0.1, -0.05) is 194 Å². The van der Waals surface area contributed by atoms with Crippen LogP contribution in [0.15, 0.2) is 333 Å². The second-order valence-electron chi connectivity index (χ2n) is 31.3. The Bertz CT molecular complexity index is 7870. The molecule has 20 unspecified atom stereocenters. The van der Waals surface area contributed by atoms with Gasteiger partial charge in [-0.15, -0.1) is 161 Å². The molecule has 0 spiro atoms. The predicted molar refractivity (Wildman–Crippen MR) is 714 cm³/mol. The van der Waals surface area contributed by atoms with Gasteiger partial charge in [-0.25, -0.2) is 44.9 Å². The average molecular weight is 2500 g/mol. The van der Waals surface area contributed by atoms with Crippen LogP contribution in [0.2, 0.25) is 0 Å². The highest BCUT2D eigenvalue weighted by Crippen LogP contribution is 3.40. The van der Waals surface area contributed by atoms with Crippen molar-refractivity contribution in [2.24, 2.45) is 0 Å². The van der Waals surface area contributed by atoms with Gasteiger partial charge in [0, 0.05) is 102 Å². The van der Waals surface area contributed by atoms with Gasteiger partial charge >= 0.3 is 0 Å². The highest BCUT2D eigenvalue weighted by atomic mass is 79.9. The molecule has 0 saturated carbocycles. The van der Waals surface area contributed by atoms with E-state index in [-0.39, 0.29) is 112 Å². The average Bonchev–Trinajstić information content (AvgIpc) is 1.60. The number of fused-ring (bicyclic) bond motifs is 18. The molecule has 1 aliphatic rings. The zero-order chi connectivity index (χ0) is 96.7. The molecule has 10 aromatic carbocycles. The van der Waals surface area contributed by atoms with Crippen LogP contribution in [0.5, 0.6) is 0 Å². The molecular formula is C91H92BrN13P34. The van der Waals surface area contributed by atoms with Crippen LogP contribution in [-0.2, 0) is 6.42 Å². The zero-order valence-corrected chi connectivity index (χ0v) is 110. The largest absolute Gasteiger partial charge is 0.278 e. The second-order valence-corrected chi connectivity index (χ2v) is 170. The van der Waals surface area contributed by atoms with E-state index in [4.69, 9.17) is 44.9 Å². The predicted octanol–water partition coefficient (Wildman–Crippen LogP) is 41.6. The van der Waals surface area contributed by atoms with Crippen molar-refractivity contribution in [2.75, 3.05) is 0 Å². The minimum absolute atomic E-state index is 0.000249. The number of rotatable bonds is 22. The Morgan fingerprint density at radius 3 is 1.03 bits per heavy atom. The van der Waals surface area contributed by atoms with E-state index in [1.165, 1.54) is 27.9 Å². The lowest BCUT2D eigenvalue weighted by Crippen LogP contribution is -2.05. The van der Waals surface area contributed by atoms with Gasteiger partial charge < -0.3 is 0 Å². The van der Waals surface area contributed by atoms with Crippen LogP contribution in [0.25, 0.3) is 183 Å². The number of aromatic nitrogens is 13. The first kappa shape index (κ1) is 108. The second kappa shape index (κ2) is 49.5. The van der Waals surface area contributed by atoms with E-state index in [0.717, 1.165) is 167 Å². The standard InChI is InChI=1S/C45H27N7.C34H20BrN5.C12H9N.H36P34/c1-2-11-28(12-3-1)30-13-8-14-31(27-30)40-36-23-21-29-22-24-39(51-37-19-6-4-15-32(37)34-17-9-25-46-43(34)51)48-41(29)42(36)50-45(49-40)52-38-20-7-5-16-33(38)35-18-10-26-47-44(35)52;35-34-38-30(24-11-6-10-23(20-24)21-8-2-1-3-9-21)27-17-15-22-16-18-29(37-31(22)32(27)39-34)40-28-14-5-4-12-25(28)26-13-7-19-36-33(26)40;1-2-5-10-9(4-1)8-12-11(10)6-3-7-13-12;1-19(2)28(20(3)4)32(27(17)18)34(31(25(13)14)26(15)16)33(29(21(5)6)22(7)8)30(23(9)10)24(11)12/h1-27H;1-20H;1-7H,8H2;1-18H2. The van der Waals surface area contributed by atoms with Crippen molar-refractivity contribution in [1.29, 1.82) is 0 Å². The molecule has 0 N–H and O–H groups in total. The Morgan fingerprint density at radius 1 is 0.237 bits per heavy atom. The topological polar surface area (TPSA) is 144 Å². The summed E-state index contributed by atoms with van der Waals surface area (Å²) in [4.78, 5) is 49.8. The highest BCUT2D eigenvalue weighted by Gasteiger charge is 2.53. The first-order chi connectivity index (χ1) is 67.4. The molecule has 0 fully saturated rings. The van der Waals surface area contributed by atoms with Crippen molar-refractivity contribution in [3.63, 3.8) is 0 Å². The van der Waals surface area contributed by atoms with Gasteiger partial charge in [-0.2, -0.15) is 0 Å². The van der Waals surface area contributed by atoms with E-state index in [1.807, 2.05) is 73.3 Å². The fourth-order valence-electron chi connectivity index (χ4n) is 17.1. The monoisotopic (exact) mass is 2500 g/mol. The van der Waals surface area contributed by atoms with Gasteiger partial charge in [0.25, 0.3) is 0 Å². The van der Waals surface area contributed by atoms with Crippen LogP contribution in [-0.4, -0.2) is 63.5 Å². The number of hydrogen-bond acceptors (Lipinski definition) is 10. The third kappa shape index (κ3) is 23.5. The third-order valence-corrected chi connectivity index (χ3v) is 249. The molecule has 1 aliphatic carbocycles. The van der Waals surface area contributed by atoms with Crippen molar-refractivity contribution in [1.82, 2.24) is 63.5 Å². The zero-order valence-electron chi connectivity index (χ0n) is 73.6. The summed E-state index contributed by atoms with van der Waals surface area (Å²) in [7, 11) is 60.0. The summed E-state index contributed by atoms with van der Waals surface area (Å²) in [5, 5.41) is 10.5. The minimum Gasteiger partial charge on any atom is -0.278 e. The summed E-state index contributed by atoms with van der Waals surface area (Å²) in [6.45, 7) is -0.772. The summed E-state index contributed by atoms with van der Waals surface area (Å²) in [5.74, 6) is 2.11. The summed E-state index contributed by atoms with van der Waals surface area (Å²) >= 11 is 3.59. The van der Waals surface area contributed by atoms with Gasteiger partial charge in [0.2, 0.25) is 5.95 Å². The molecule has 0 radical (unpaired) electrons. The Kier molecular flexibility index (Phi) is 38.5.